The maximum Gasteiger partial charge on any atom is 0.311 e. The highest BCUT2D eigenvalue weighted by Crippen LogP contribution is 2.28. The van der Waals surface area contributed by atoms with Gasteiger partial charge in [0.2, 0.25) is 0 Å². The average molecular weight is 378 g/mol. The van der Waals surface area contributed by atoms with E-state index in [4.69, 9.17) is 27.9 Å². The topological polar surface area (TPSA) is 46.6 Å². The molecule has 2 aromatic carbocycles. The summed E-state index contributed by atoms with van der Waals surface area (Å²) in [6.45, 7) is 2.17. The summed E-state index contributed by atoms with van der Waals surface area (Å²) in [5, 5.41) is 0.800. The van der Waals surface area contributed by atoms with E-state index in [0.717, 1.165) is 17.7 Å². The predicted octanol–water partition coefficient (Wildman–Crippen LogP) is 4.06. The van der Waals surface area contributed by atoms with E-state index in [-0.39, 0.29) is 12.3 Å². The first kappa shape index (κ1) is 17.8. The van der Waals surface area contributed by atoms with Gasteiger partial charge in [-0.25, -0.2) is 0 Å². The number of carbonyl (C=O) groups excluding carboxylic acids is 2. The summed E-state index contributed by atoms with van der Waals surface area (Å²) in [4.78, 5) is 26.5. The molecule has 0 bridgehead atoms. The van der Waals surface area contributed by atoms with Crippen molar-refractivity contribution in [1.29, 1.82) is 0 Å². The van der Waals surface area contributed by atoms with Gasteiger partial charge in [0.15, 0.2) is 6.10 Å². The molecule has 0 aromatic heterocycles. The quantitative estimate of drug-likeness (QED) is 0.754. The van der Waals surface area contributed by atoms with Crippen LogP contribution in [0.1, 0.15) is 18.1 Å². The minimum atomic E-state index is -0.875. The van der Waals surface area contributed by atoms with Crippen LogP contribution >= 0.6 is 23.2 Å². The molecule has 0 unspecified atom stereocenters. The average Bonchev–Trinajstić information content (AvgIpc) is 3.01. The summed E-state index contributed by atoms with van der Waals surface area (Å²) in [7, 11) is 0. The lowest BCUT2D eigenvalue weighted by Crippen LogP contribution is -2.39. The maximum atomic E-state index is 12.6. The molecule has 1 aliphatic rings. The van der Waals surface area contributed by atoms with E-state index in [0.29, 0.717) is 22.2 Å². The van der Waals surface area contributed by atoms with E-state index in [2.05, 4.69) is 0 Å². The van der Waals surface area contributed by atoms with E-state index in [1.165, 1.54) is 0 Å². The summed E-state index contributed by atoms with van der Waals surface area (Å²) in [5.41, 5.74) is 2.50. The van der Waals surface area contributed by atoms with E-state index in [9.17, 15) is 9.59 Å². The van der Waals surface area contributed by atoms with Gasteiger partial charge in [0, 0.05) is 27.8 Å². The Hall–Kier alpha value is -2.04. The Bertz CT molecular complexity index is 802. The van der Waals surface area contributed by atoms with Crippen LogP contribution in [0.5, 0.6) is 0 Å². The number of esters is 1. The number of fused-ring (bicyclic) bond motifs is 1. The van der Waals surface area contributed by atoms with Gasteiger partial charge in [-0.05, 0) is 37.1 Å². The fourth-order valence-corrected chi connectivity index (χ4v) is 3.45. The molecule has 0 saturated carbocycles. The second-order valence-corrected chi connectivity index (χ2v) is 6.69. The van der Waals surface area contributed by atoms with Crippen LogP contribution < -0.4 is 4.90 Å². The maximum absolute atomic E-state index is 12.6. The number of anilines is 1. The van der Waals surface area contributed by atoms with Crippen molar-refractivity contribution in [3.05, 3.63) is 63.6 Å². The molecule has 1 amide bonds. The third kappa shape index (κ3) is 3.80. The molecule has 0 N–H and O–H groups in total. The van der Waals surface area contributed by atoms with Crippen molar-refractivity contribution in [1.82, 2.24) is 0 Å². The predicted molar refractivity (Wildman–Crippen MR) is 98.2 cm³/mol. The van der Waals surface area contributed by atoms with Crippen molar-refractivity contribution < 1.29 is 14.3 Å². The van der Waals surface area contributed by atoms with Gasteiger partial charge in [-0.1, -0.05) is 47.5 Å². The first-order chi connectivity index (χ1) is 12.0. The minimum Gasteiger partial charge on any atom is -0.452 e. The van der Waals surface area contributed by atoms with Gasteiger partial charge in [0.05, 0.1) is 6.42 Å². The van der Waals surface area contributed by atoms with Crippen molar-refractivity contribution in [3.8, 4) is 0 Å². The van der Waals surface area contributed by atoms with E-state index >= 15 is 0 Å². The van der Waals surface area contributed by atoms with Gasteiger partial charge in [0.1, 0.15) is 0 Å². The van der Waals surface area contributed by atoms with Crippen molar-refractivity contribution in [2.45, 2.75) is 25.9 Å². The van der Waals surface area contributed by atoms with Crippen LogP contribution in [0.3, 0.4) is 0 Å². The highest BCUT2D eigenvalue weighted by atomic mass is 35.5. The minimum absolute atomic E-state index is 0.0767. The van der Waals surface area contributed by atoms with Crippen molar-refractivity contribution in [2.24, 2.45) is 0 Å². The van der Waals surface area contributed by atoms with Crippen molar-refractivity contribution in [3.63, 3.8) is 0 Å². The monoisotopic (exact) mass is 377 g/mol. The normalized spacial score (nSPS) is 14.1. The van der Waals surface area contributed by atoms with E-state index < -0.39 is 12.1 Å². The van der Waals surface area contributed by atoms with Gasteiger partial charge in [-0.2, -0.15) is 0 Å². The third-order valence-electron chi connectivity index (χ3n) is 4.19. The number of para-hydroxylation sites is 1. The molecule has 2 aromatic rings. The van der Waals surface area contributed by atoms with Crippen LogP contribution in [0.25, 0.3) is 0 Å². The number of rotatable bonds is 4. The Morgan fingerprint density at radius 2 is 1.80 bits per heavy atom. The molecule has 0 spiro atoms. The molecule has 1 atom stereocenters. The molecule has 6 heteroatoms. The molecule has 4 nitrogen and oxygen atoms in total. The smallest absolute Gasteiger partial charge is 0.311 e. The van der Waals surface area contributed by atoms with Crippen LogP contribution in [-0.4, -0.2) is 24.5 Å². The number of benzene rings is 2. The van der Waals surface area contributed by atoms with Gasteiger partial charge in [0.25, 0.3) is 5.91 Å². The molecule has 3 rings (SSSR count). The molecule has 1 aliphatic heterocycles. The molecule has 0 aliphatic carbocycles. The zero-order valence-electron chi connectivity index (χ0n) is 13.7. The lowest BCUT2D eigenvalue weighted by molar-refractivity contribution is -0.153. The molecular weight excluding hydrogens is 361 g/mol. The Balaban J connectivity index is 1.65. The summed E-state index contributed by atoms with van der Waals surface area (Å²) >= 11 is 12.1. The Kier molecular flexibility index (Phi) is 5.30. The zero-order valence-corrected chi connectivity index (χ0v) is 15.2. The van der Waals surface area contributed by atoms with Crippen LogP contribution in [0.4, 0.5) is 5.69 Å². The molecule has 130 valence electrons. The van der Waals surface area contributed by atoms with Gasteiger partial charge in [-0.15, -0.1) is 0 Å². The van der Waals surface area contributed by atoms with Crippen molar-refractivity contribution in [2.75, 3.05) is 11.4 Å². The van der Waals surface area contributed by atoms with Gasteiger partial charge < -0.3 is 9.64 Å². The summed E-state index contributed by atoms with van der Waals surface area (Å²) in [6, 6.07) is 12.8. The molecular formula is C19H17Cl2NO3. The van der Waals surface area contributed by atoms with Gasteiger partial charge >= 0.3 is 5.97 Å². The molecule has 0 fully saturated rings. The number of ether oxygens (including phenoxy) is 1. The molecule has 0 radical (unpaired) electrons. The van der Waals surface area contributed by atoms with Crippen LogP contribution in [-0.2, 0) is 27.2 Å². The second-order valence-electron chi connectivity index (χ2n) is 5.88. The Labute approximate surface area is 156 Å². The molecule has 0 saturated heterocycles. The number of amides is 1. The largest absolute Gasteiger partial charge is 0.452 e. The highest BCUT2D eigenvalue weighted by molar-refractivity contribution is 6.36. The van der Waals surface area contributed by atoms with Crippen LogP contribution in [0.2, 0.25) is 10.0 Å². The first-order valence-electron chi connectivity index (χ1n) is 7.99. The van der Waals surface area contributed by atoms with Gasteiger partial charge in [-0.3, -0.25) is 9.59 Å². The summed E-state index contributed by atoms with van der Waals surface area (Å²) < 4.78 is 5.31. The zero-order chi connectivity index (χ0) is 18.0. The summed E-state index contributed by atoms with van der Waals surface area (Å²) in [6.07, 6.45) is -0.148. The second kappa shape index (κ2) is 7.46. The Morgan fingerprint density at radius 1 is 1.12 bits per heavy atom. The third-order valence-corrected chi connectivity index (χ3v) is 4.90. The number of hydrogen-bond acceptors (Lipinski definition) is 3. The van der Waals surface area contributed by atoms with Crippen LogP contribution in [0.15, 0.2) is 42.5 Å². The van der Waals surface area contributed by atoms with E-state index in [1.54, 1.807) is 30.0 Å². The van der Waals surface area contributed by atoms with Crippen LogP contribution in [0, 0.1) is 0 Å². The SMILES string of the molecule is C[C@@H](OC(=O)Cc1c(Cl)cccc1Cl)C(=O)N1CCc2ccccc21. The fourth-order valence-electron chi connectivity index (χ4n) is 2.92. The summed E-state index contributed by atoms with van der Waals surface area (Å²) in [5.74, 6) is -0.771. The lowest BCUT2D eigenvalue weighted by atomic mass is 10.1. The number of halogens is 2. The molecule has 1 heterocycles. The highest BCUT2D eigenvalue weighted by Gasteiger charge is 2.29. The molecule has 25 heavy (non-hydrogen) atoms. The van der Waals surface area contributed by atoms with Crippen molar-refractivity contribution >= 4 is 40.8 Å². The fraction of sp³-hybridized carbons (Fsp3) is 0.263. The number of nitrogens with zero attached hydrogens (tertiary/aromatic N) is 1. The number of carbonyl (C=O) groups is 2. The standard InChI is InChI=1S/C19H17Cl2NO3/c1-12(19(24)22-10-9-13-5-2-3-8-17(13)22)25-18(23)11-14-15(20)6-4-7-16(14)21/h2-8,12H,9-11H2,1H3/t12-/m1/s1. The first-order valence-corrected chi connectivity index (χ1v) is 8.74. The number of hydrogen-bond donors (Lipinski definition) is 0. The lowest BCUT2D eigenvalue weighted by Gasteiger charge is -2.21. The van der Waals surface area contributed by atoms with E-state index in [1.807, 2.05) is 24.3 Å². The Morgan fingerprint density at radius 3 is 2.52 bits per heavy atom.